The molecule has 2 nitrogen and oxygen atoms in total. The zero-order valence-electron chi connectivity index (χ0n) is 11.1. The number of benzene rings is 1. The maximum Gasteiger partial charge on any atom is 0.129 e. The van der Waals surface area contributed by atoms with Gasteiger partial charge in [-0.15, -0.1) is 0 Å². The molecular weight excluding hydrogens is 208 g/mol. The molecule has 0 radical (unpaired) electrons. The van der Waals surface area contributed by atoms with Gasteiger partial charge in [0.25, 0.3) is 0 Å². The van der Waals surface area contributed by atoms with E-state index in [1.165, 1.54) is 22.1 Å². The molecule has 0 unspecified atom stereocenters. The number of nitrogens with zero attached hydrogens (tertiary/aromatic N) is 1. The van der Waals surface area contributed by atoms with Gasteiger partial charge in [-0.2, -0.15) is 0 Å². The van der Waals surface area contributed by atoms with Crippen LogP contribution in [0.5, 0.6) is 0 Å². The molecule has 17 heavy (non-hydrogen) atoms. The van der Waals surface area contributed by atoms with E-state index < -0.39 is 0 Å². The van der Waals surface area contributed by atoms with E-state index in [4.69, 9.17) is 4.98 Å². The number of aryl methyl sites for hydroxylation is 3. The van der Waals surface area contributed by atoms with Gasteiger partial charge in [0.1, 0.15) is 5.82 Å². The second-order valence-corrected chi connectivity index (χ2v) is 4.66. The summed E-state index contributed by atoms with van der Waals surface area (Å²) in [5, 5.41) is 4.62. The van der Waals surface area contributed by atoms with Crippen molar-refractivity contribution in [3.8, 4) is 0 Å². The van der Waals surface area contributed by atoms with Crippen LogP contribution in [0.25, 0.3) is 10.9 Å². The number of anilines is 1. The Kier molecular flexibility index (Phi) is 3.32. The minimum atomic E-state index is 0.976. The first-order chi connectivity index (χ1) is 8.13. The number of fused-ring (bicyclic) bond motifs is 1. The van der Waals surface area contributed by atoms with Gasteiger partial charge in [-0.1, -0.05) is 19.1 Å². The summed E-state index contributed by atoms with van der Waals surface area (Å²) in [6.07, 6.45) is 1.12. The van der Waals surface area contributed by atoms with E-state index in [1.807, 2.05) is 0 Å². The minimum Gasteiger partial charge on any atom is -0.370 e. The molecule has 0 fully saturated rings. The molecule has 0 bridgehead atoms. The Morgan fingerprint density at radius 3 is 2.59 bits per heavy atom. The van der Waals surface area contributed by atoms with Crippen molar-refractivity contribution in [2.24, 2.45) is 0 Å². The molecule has 0 aliphatic rings. The molecule has 2 rings (SSSR count). The first-order valence-corrected chi connectivity index (χ1v) is 6.25. The minimum absolute atomic E-state index is 0.976. The van der Waals surface area contributed by atoms with E-state index in [1.54, 1.807) is 0 Å². The first-order valence-electron chi connectivity index (χ1n) is 6.25. The molecule has 2 aromatic rings. The number of hydrogen-bond donors (Lipinski definition) is 1. The third-order valence-electron chi connectivity index (χ3n) is 3.24. The largest absolute Gasteiger partial charge is 0.370 e. The van der Waals surface area contributed by atoms with Crippen molar-refractivity contribution in [2.45, 2.75) is 34.1 Å². The van der Waals surface area contributed by atoms with Crippen LogP contribution < -0.4 is 5.32 Å². The van der Waals surface area contributed by atoms with Crippen LogP contribution in [-0.2, 0) is 0 Å². The molecule has 1 N–H and O–H groups in total. The second kappa shape index (κ2) is 4.74. The summed E-state index contributed by atoms with van der Waals surface area (Å²) in [7, 11) is 0. The van der Waals surface area contributed by atoms with Gasteiger partial charge in [-0.05, 0) is 49.9 Å². The summed E-state index contributed by atoms with van der Waals surface area (Å²) < 4.78 is 0. The van der Waals surface area contributed by atoms with Crippen molar-refractivity contribution in [1.29, 1.82) is 0 Å². The van der Waals surface area contributed by atoms with E-state index in [0.29, 0.717) is 0 Å². The number of aromatic nitrogens is 1. The van der Waals surface area contributed by atoms with Crippen molar-refractivity contribution in [1.82, 2.24) is 4.98 Å². The molecular formula is C15H20N2. The van der Waals surface area contributed by atoms with Crippen LogP contribution >= 0.6 is 0 Å². The van der Waals surface area contributed by atoms with Gasteiger partial charge >= 0.3 is 0 Å². The van der Waals surface area contributed by atoms with Gasteiger partial charge in [-0.3, -0.25) is 0 Å². The predicted molar refractivity (Wildman–Crippen MR) is 74.7 cm³/mol. The summed E-state index contributed by atoms with van der Waals surface area (Å²) >= 11 is 0. The fourth-order valence-electron chi connectivity index (χ4n) is 2.01. The van der Waals surface area contributed by atoms with Gasteiger partial charge in [0.2, 0.25) is 0 Å². The quantitative estimate of drug-likeness (QED) is 0.859. The maximum atomic E-state index is 4.76. The van der Waals surface area contributed by atoms with Crippen molar-refractivity contribution in [3.63, 3.8) is 0 Å². The number of rotatable bonds is 3. The molecule has 0 spiro atoms. The molecule has 0 amide bonds. The lowest BCUT2D eigenvalue weighted by atomic mass is 10.0. The van der Waals surface area contributed by atoms with Crippen molar-refractivity contribution >= 4 is 16.7 Å². The molecule has 90 valence electrons. The zero-order valence-corrected chi connectivity index (χ0v) is 11.1. The van der Waals surface area contributed by atoms with Gasteiger partial charge in [-0.25, -0.2) is 4.98 Å². The lowest BCUT2D eigenvalue weighted by molar-refractivity contribution is 0.968. The molecule has 0 saturated carbocycles. The summed E-state index contributed by atoms with van der Waals surface area (Å²) in [4.78, 5) is 4.76. The normalized spacial score (nSPS) is 10.8. The summed E-state index contributed by atoms with van der Waals surface area (Å²) in [6, 6.07) is 6.53. The van der Waals surface area contributed by atoms with Crippen molar-refractivity contribution in [3.05, 3.63) is 34.9 Å². The maximum absolute atomic E-state index is 4.76. The Hall–Kier alpha value is -1.57. The van der Waals surface area contributed by atoms with Crippen LogP contribution in [0.3, 0.4) is 0 Å². The summed E-state index contributed by atoms with van der Waals surface area (Å²) in [6.45, 7) is 9.53. The van der Waals surface area contributed by atoms with Crippen molar-refractivity contribution < 1.29 is 0 Å². The Morgan fingerprint density at radius 2 is 1.88 bits per heavy atom. The monoisotopic (exact) mass is 228 g/mol. The average molecular weight is 228 g/mol. The molecule has 1 aromatic carbocycles. The third-order valence-corrected chi connectivity index (χ3v) is 3.24. The molecule has 0 saturated heterocycles. The van der Waals surface area contributed by atoms with Crippen LogP contribution in [0.1, 0.15) is 30.0 Å². The SMILES string of the molecule is CCCNc1nc2c(C)c(C)ccc2cc1C. The van der Waals surface area contributed by atoms with E-state index >= 15 is 0 Å². The van der Waals surface area contributed by atoms with Gasteiger partial charge in [0.05, 0.1) is 5.52 Å². The molecule has 1 heterocycles. The standard InChI is InChI=1S/C15H20N2/c1-5-8-16-15-11(3)9-13-7-6-10(2)12(4)14(13)17-15/h6-7,9H,5,8H2,1-4H3,(H,16,17). The van der Waals surface area contributed by atoms with E-state index in [9.17, 15) is 0 Å². The molecule has 0 atom stereocenters. The Bertz CT molecular complexity index is 544. The van der Waals surface area contributed by atoms with Gasteiger partial charge < -0.3 is 5.32 Å². The summed E-state index contributed by atoms with van der Waals surface area (Å²) in [5.41, 5.74) is 4.92. The van der Waals surface area contributed by atoms with Crippen LogP contribution in [0.4, 0.5) is 5.82 Å². The Labute approximate surface area is 103 Å². The predicted octanol–water partition coefficient (Wildman–Crippen LogP) is 3.98. The smallest absolute Gasteiger partial charge is 0.129 e. The Morgan fingerprint density at radius 1 is 1.12 bits per heavy atom. The zero-order chi connectivity index (χ0) is 12.4. The van der Waals surface area contributed by atoms with E-state index in [2.05, 4.69) is 51.2 Å². The van der Waals surface area contributed by atoms with Crippen LogP contribution in [0.2, 0.25) is 0 Å². The topological polar surface area (TPSA) is 24.9 Å². The highest BCUT2D eigenvalue weighted by molar-refractivity contribution is 5.85. The molecule has 0 aliphatic carbocycles. The highest BCUT2D eigenvalue weighted by Crippen LogP contribution is 2.24. The van der Waals surface area contributed by atoms with Crippen LogP contribution in [0, 0.1) is 20.8 Å². The van der Waals surface area contributed by atoms with E-state index in [0.717, 1.165) is 24.3 Å². The highest BCUT2D eigenvalue weighted by atomic mass is 15.0. The number of nitrogens with one attached hydrogen (secondary N) is 1. The first kappa shape index (κ1) is 11.9. The van der Waals surface area contributed by atoms with Crippen LogP contribution in [-0.4, -0.2) is 11.5 Å². The third kappa shape index (κ3) is 2.26. The lowest BCUT2D eigenvalue weighted by Crippen LogP contribution is -2.04. The fraction of sp³-hybridized carbons (Fsp3) is 0.400. The highest BCUT2D eigenvalue weighted by Gasteiger charge is 2.06. The fourth-order valence-corrected chi connectivity index (χ4v) is 2.01. The average Bonchev–Trinajstić information content (AvgIpc) is 2.32. The molecule has 0 aliphatic heterocycles. The van der Waals surface area contributed by atoms with Crippen LogP contribution in [0.15, 0.2) is 18.2 Å². The van der Waals surface area contributed by atoms with E-state index in [-0.39, 0.29) is 0 Å². The Balaban J connectivity index is 2.56. The summed E-state index contributed by atoms with van der Waals surface area (Å²) in [5.74, 6) is 1.02. The lowest BCUT2D eigenvalue weighted by Gasteiger charge is -2.11. The van der Waals surface area contributed by atoms with Gasteiger partial charge in [0, 0.05) is 11.9 Å². The molecule has 2 heteroatoms. The second-order valence-electron chi connectivity index (χ2n) is 4.66. The van der Waals surface area contributed by atoms with Gasteiger partial charge in [0.15, 0.2) is 0 Å². The number of pyridine rings is 1. The van der Waals surface area contributed by atoms with Crippen molar-refractivity contribution in [2.75, 3.05) is 11.9 Å². The molecule has 1 aromatic heterocycles. The number of hydrogen-bond acceptors (Lipinski definition) is 2.